The molecule has 0 bridgehead atoms. The molecule has 0 amide bonds. The van der Waals surface area contributed by atoms with Gasteiger partial charge < -0.3 is 15.0 Å². The highest BCUT2D eigenvalue weighted by atomic mass is 16.5. The van der Waals surface area contributed by atoms with Gasteiger partial charge in [-0.15, -0.1) is 0 Å². The van der Waals surface area contributed by atoms with E-state index >= 15 is 0 Å². The van der Waals surface area contributed by atoms with Crippen molar-refractivity contribution in [3.8, 4) is 0 Å². The standard InChI is InChI=1S/C21H22N2O3/c1-26-19(24)12-7-13-22-20(15-8-3-2-4-9-15)21(25)17-14-23-18-11-6-5-10-16(17)18/h2-6,8-11,14,20,22-23H,7,12-13H2,1H3/t20-/m1/s1. The lowest BCUT2D eigenvalue weighted by Gasteiger charge is -2.18. The highest BCUT2D eigenvalue weighted by molar-refractivity contribution is 6.10. The van der Waals surface area contributed by atoms with Crippen LogP contribution in [0.15, 0.2) is 60.8 Å². The van der Waals surface area contributed by atoms with Crippen LogP contribution in [-0.4, -0.2) is 30.4 Å². The lowest BCUT2D eigenvalue weighted by molar-refractivity contribution is -0.140. The van der Waals surface area contributed by atoms with Crippen LogP contribution in [0.25, 0.3) is 10.9 Å². The third-order valence-corrected chi connectivity index (χ3v) is 4.38. The number of rotatable bonds is 8. The molecule has 3 aromatic rings. The molecule has 0 fully saturated rings. The van der Waals surface area contributed by atoms with Crippen molar-refractivity contribution in [1.82, 2.24) is 10.3 Å². The molecule has 0 saturated carbocycles. The van der Waals surface area contributed by atoms with E-state index in [0.29, 0.717) is 24.9 Å². The fraction of sp³-hybridized carbons (Fsp3) is 0.238. The Hall–Kier alpha value is -2.92. The van der Waals surface area contributed by atoms with Gasteiger partial charge in [0, 0.05) is 29.1 Å². The third-order valence-electron chi connectivity index (χ3n) is 4.38. The van der Waals surface area contributed by atoms with Crippen molar-refractivity contribution < 1.29 is 14.3 Å². The molecule has 0 spiro atoms. The third kappa shape index (κ3) is 4.00. The zero-order chi connectivity index (χ0) is 18.4. The van der Waals surface area contributed by atoms with Gasteiger partial charge in [0.05, 0.1) is 13.2 Å². The molecule has 0 aliphatic rings. The minimum atomic E-state index is -0.465. The number of ether oxygens (including phenoxy) is 1. The number of ketones is 1. The minimum Gasteiger partial charge on any atom is -0.469 e. The number of para-hydroxylation sites is 1. The predicted molar refractivity (Wildman–Crippen MR) is 101 cm³/mol. The monoisotopic (exact) mass is 350 g/mol. The fourth-order valence-corrected chi connectivity index (χ4v) is 3.02. The van der Waals surface area contributed by atoms with E-state index in [4.69, 9.17) is 0 Å². The Morgan fingerprint density at radius 2 is 1.81 bits per heavy atom. The van der Waals surface area contributed by atoms with Crippen molar-refractivity contribution in [3.63, 3.8) is 0 Å². The summed E-state index contributed by atoms with van der Waals surface area (Å²) in [5, 5.41) is 4.21. The number of nitrogens with one attached hydrogen (secondary N) is 2. The van der Waals surface area contributed by atoms with Crippen LogP contribution in [0, 0.1) is 0 Å². The van der Waals surface area contributed by atoms with Crippen LogP contribution in [0.3, 0.4) is 0 Å². The van der Waals surface area contributed by atoms with E-state index in [2.05, 4.69) is 15.0 Å². The number of carbonyl (C=O) groups excluding carboxylic acids is 2. The van der Waals surface area contributed by atoms with Gasteiger partial charge in [-0.05, 0) is 24.6 Å². The Kier molecular flexibility index (Phi) is 5.81. The molecular formula is C21H22N2O3. The summed E-state index contributed by atoms with van der Waals surface area (Å²) >= 11 is 0. The summed E-state index contributed by atoms with van der Waals surface area (Å²) in [7, 11) is 1.38. The van der Waals surface area contributed by atoms with E-state index in [1.165, 1.54) is 7.11 Å². The Labute approximate surface area is 152 Å². The van der Waals surface area contributed by atoms with Crippen molar-refractivity contribution in [3.05, 3.63) is 71.9 Å². The molecule has 2 N–H and O–H groups in total. The van der Waals surface area contributed by atoms with Gasteiger partial charge in [0.2, 0.25) is 0 Å². The smallest absolute Gasteiger partial charge is 0.305 e. The van der Waals surface area contributed by atoms with Crippen molar-refractivity contribution in [1.29, 1.82) is 0 Å². The lowest BCUT2D eigenvalue weighted by Crippen LogP contribution is -2.30. The maximum absolute atomic E-state index is 13.2. The molecule has 0 aliphatic heterocycles. The first-order valence-corrected chi connectivity index (χ1v) is 8.66. The molecule has 0 radical (unpaired) electrons. The largest absolute Gasteiger partial charge is 0.469 e. The highest BCUT2D eigenvalue weighted by Gasteiger charge is 2.23. The summed E-state index contributed by atoms with van der Waals surface area (Å²) in [6, 6.07) is 16.9. The molecule has 1 atom stereocenters. The molecule has 134 valence electrons. The van der Waals surface area contributed by atoms with Crippen LogP contribution >= 0.6 is 0 Å². The van der Waals surface area contributed by atoms with E-state index in [9.17, 15) is 9.59 Å². The minimum absolute atomic E-state index is 0.00622. The molecule has 1 heterocycles. The normalized spacial score (nSPS) is 12.0. The number of H-pyrrole nitrogens is 1. The number of esters is 1. The number of aromatic amines is 1. The van der Waals surface area contributed by atoms with Gasteiger partial charge in [-0.1, -0.05) is 48.5 Å². The molecule has 0 aliphatic carbocycles. The Morgan fingerprint density at radius 3 is 2.58 bits per heavy atom. The SMILES string of the molecule is COC(=O)CCCN[C@@H](C(=O)c1c[nH]c2ccccc12)c1ccccc1. The van der Waals surface area contributed by atoms with Crippen molar-refractivity contribution >= 4 is 22.7 Å². The van der Waals surface area contributed by atoms with Crippen molar-refractivity contribution in [2.75, 3.05) is 13.7 Å². The van der Waals surface area contributed by atoms with Gasteiger partial charge in [-0.3, -0.25) is 9.59 Å². The van der Waals surface area contributed by atoms with Gasteiger partial charge in [0.1, 0.15) is 0 Å². The maximum atomic E-state index is 13.2. The van der Waals surface area contributed by atoms with Crippen LogP contribution < -0.4 is 5.32 Å². The molecule has 3 rings (SSSR count). The summed E-state index contributed by atoms with van der Waals surface area (Å²) in [6.45, 7) is 0.544. The first-order valence-electron chi connectivity index (χ1n) is 8.66. The number of hydrogen-bond acceptors (Lipinski definition) is 4. The predicted octanol–water partition coefficient (Wildman–Crippen LogP) is 3.63. The Morgan fingerprint density at radius 1 is 1.08 bits per heavy atom. The van der Waals surface area contributed by atoms with E-state index in [-0.39, 0.29) is 11.8 Å². The number of carbonyl (C=O) groups is 2. The van der Waals surface area contributed by atoms with E-state index in [1.54, 1.807) is 6.20 Å². The summed E-state index contributed by atoms with van der Waals surface area (Å²) in [4.78, 5) is 27.7. The molecule has 0 saturated heterocycles. The quantitative estimate of drug-likeness (QED) is 0.370. The number of methoxy groups -OCH3 is 1. The van der Waals surface area contributed by atoms with Gasteiger partial charge in [0.15, 0.2) is 5.78 Å². The number of hydrogen-bond donors (Lipinski definition) is 2. The Bertz CT molecular complexity index is 886. The van der Waals surface area contributed by atoms with Crippen LogP contribution in [0.2, 0.25) is 0 Å². The van der Waals surface area contributed by atoms with Crippen molar-refractivity contribution in [2.24, 2.45) is 0 Å². The lowest BCUT2D eigenvalue weighted by atomic mass is 9.97. The van der Waals surface area contributed by atoms with Crippen LogP contribution in [-0.2, 0) is 9.53 Å². The molecule has 5 heteroatoms. The average molecular weight is 350 g/mol. The number of Topliss-reactive ketones (excluding diaryl/α,β-unsaturated/α-hetero) is 1. The van der Waals surface area contributed by atoms with Gasteiger partial charge >= 0.3 is 5.97 Å². The van der Waals surface area contributed by atoms with Gasteiger partial charge in [-0.2, -0.15) is 0 Å². The summed E-state index contributed by atoms with van der Waals surface area (Å²) in [6.07, 6.45) is 2.70. The zero-order valence-corrected chi connectivity index (χ0v) is 14.7. The topological polar surface area (TPSA) is 71.2 Å². The average Bonchev–Trinajstić information content (AvgIpc) is 3.12. The second-order valence-electron chi connectivity index (χ2n) is 6.09. The summed E-state index contributed by atoms with van der Waals surface area (Å²) < 4.78 is 4.66. The molecular weight excluding hydrogens is 328 g/mol. The number of benzene rings is 2. The molecule has 26 heavy (non-hydrogen) atoms. The fourth-order valence-electron chi connectivity index (χ4n) is 3.02. The first-order chi connectivity index (χ1) is 12.7. The summed E-state index contributed by atoms with van der Waals surface area (Å²) in [5.74, 6) is -0.238. The molecule has 0 unspecified atom stereocenters. The van der Waals surface area contributed by atoms with E-state index < -0.39 is 6.04 Å². The molecule has 2 aromatic carbocycles. The second-order valence-corrected chi connectivity index (χ2v) is 6.09. The van der Waals surface area contributed by atoms with E-state index in [1.807, 2.05) is 54.6 Å². The molecule has 5 nitrogen and oxygen atoms in total. The first kappa shape index (κ1) is 17.9. The zero-order valence-electron chi connectivity index (χ0n) is 14.7. The Balaban J connectivity index is 1.81. The molecule has 1 aromatic heterocycles. The van der Waals surface area contributed by atoms with Gasteiger partial charge in [-0.25, -0.2) is 0 Å². The second kappa shape index (κ2) is 8.45. The summed E-state index contributed by atoms with van der Waals surface area (Å²) in [5.41, 5.74) is 2.50. The van der Waals surface area contributed by atoms with Crippen LogP contribution in [0.4, 0.5) is 0 Å². The van der Waals surface area contributed by atoms with Crippen LogP contribution in [0.5, 0.6) is 0 Å². The van der Waals surface area contributed by atoms with Crippen molar-refractivity contribution in [2.45, 2.75) is 18.9 Å². The maximum Gasteiger partial charge on any atom is 0.305 e. The van der Waals surface area contributed by atoms with Gasteiger partial charge in [0.25, 0.3) is 0 Å². The number of aromatic nitrogens is 1. The number of fused-ring (bicyclic) bond motifs is 1. The van der Waals surface area contributed by atoms with Crippen LogP contribution in [0.1, 0.15) is 34.8 Å². The highest BCUT2D eigenvalue weighted by Crippen LogP contribution is 2.24. The van der Waals surface area contributed by atoms with E-state index in [0.717, 1.165) is 16.5 Å².